The number of hydrogen-bond acceptors (Lipinski definition) is 2. The fourth-order valence-corrected chi connectivity index (χ4v) is 2.10. The number of amides is 2. The maximum Gasteiger partial charge on any atom is 0.338 e. The van der Waals surface area contributed by atoms with E-state index >= 15 is 0 Å². The highest BCUT2D eigenvalue weighted by Crippen LogP contribution is 2.48. The molecule has 1 saturated carbocycles. The van der Waals surface area contributed by atoms with Crippen molar-refractivity contribution in [3.63, 3.8) is 0 Å². The standard InChI is InChI=1S/C11H12ClFN2O2/c12-9-4-6(1-2-10(9)13)8-3-7(8)5-15(17)11(14)16/h1-2,4,7-8,17H,3,5H2,(H2,14,16). The van der Waals surface area contributed by atoms with Crippen LogP contribution in [-0.4, -0.2) is 22.8 Å². The predicted molar refractivity (Wildman–Crippen MR) is 60.3 cm³/mol. The van der Waals surface area contributed by atoms with E-state index in [1.807, 2.05) is 0 Å². The van der Waals surface area contributed by atoms with Crippen molar-refractivity contribution in [1.29, 1.82) is 0 Å². The van der Waals surface area contributed by atoms with Gasteiger partial charge in [-0.3, -0.25) is 5.21 Å². The van der Waals surface area contributed by atoms with E-state index in [9.17, 15) is 14.4 Å². The summed E-state index contributed by atoms with van der Waals surface area (Å²) in [6.45, 7) is 0.189. The summed E-state index contributed by atoms with van der Waals surface area (Å²) >= 11 is 5.68. The monoisotopic (exact) mass is 258 g/mol. The van der Waals surface area contributed by atoms with Crippen LogP contribution in [0.4, 0.5) is 9.18 Å². The van der Waals surface area contributed by atoms with E-state index in [2.05, 4.69) is 0 Å². The second kappa shape index (κ2) is 4.50. The molecule has 2 rings (SSSR count). The summed E-state index contributed by atoms with van der Waals surface area (Å²) in [6, 6.07) is 3.69. The topological polar surface area (TPSA) is 66.6 Å². The van der Waals surface area contributed by atoms with Crippen molar-refractivity contribution in [3.8, 4) is 0 Å². The predicted octanol–water partition coefficient (Wildman–Crippen LogP) is 2.35. The Kier molecular flexibility index (Phi) is 3.22. The molecular weight excluding hydrogens is 247 g/mol. The number of rotatable bonds is 3. The number of hydrogen-bond donors (Lipinski definition) is 2. The number of nitrogens with zero attached hydrogens (tertiary/aromatic N) is 1. The molecule has 6 heteroatoms. The van der Waals surface area contributed by atoms with Gasteiger partial charge >= 0.3 is 6.03 Å². The van der Waals surface area contributed by atoms with Crippen LogP contribution in [0.1, 0.15) is 17.9 Å². The van der Waals surface area contributed by atoms with E-state index in [4.69, 9.17) is 17.3 Å². The van der Waals surface area contributed by atoms with E-state index in [1.165, 1.54) is 6.07 Å². The minimum absolute atomic E-state index is 0.0869. The van der Waals surface area contributed by atoms with Gasteiger partial charge in [-0.2, -0.15) is 0 Å². The van der Waals surface area contributed by atoms with Crippen molar-refractivity contribution in [3.05, 3.63) is 34.6 Å². The van der Waals surface area contributed by atoms with Gasteiger partial charge in [0.1, 0.15) is 5.82 Å². The summed E-state index contributed by atoms with van der Waals surface area (Å²) in [6.07, 6.45) is 0.826. The zero-order valence-corrected chi connectivity index (χ0v) is 9.69. The first-order chi connectivity index (χ1) is 7.99. The summed E-state index contributed by atoms with van der Waals surface area (Å²) in [7, 11) is 0. The van der Waals surface area contributed by atoms with Crippen molar-refractivity contribution in [2.45, 2.75) is 12.3 Å². The Morgan fingerprint density at radius 3 is 2.94 bits per heavy atom. The molecule has 92 valence electrons. The molecule has 0 aromatic heterocycles. The van der Waals surface area contributed by atoms with Crippen LogP contribution in [0.2, 0.25) is 5.02 Å². The molecule has 0 heterocycles. The van der Waals surface area contributed by atoms with Crippen molar-refractivity contribution < 1.29 is 14.4 Å². The average Bonchev–Trinajstić information content (AvgIpc) is 3.01. The van der Waals surface area contributed by atoms with Gasteiger partial charge in [0.25, 0.3) is 0 Å². The molecule has 0 spiro atoms. The first-order valence-electron chi connectivity index (χ1n) is 5.20. The molecule has 17 heavy (non-hydrogen) atoms. The number of nitrogens with two attached hydrogens (primary N) is 1. The van der Waals surface area contributed by atoms with E-state index in [0.29, 0.717) is 5.06 Å². The summed E-state index contributed by atoms with van der Waals surface area (Å²) in [5.41, 5.74) is 5.82. The van der Waals surface area contributed by atoms with E-state index in [1.54, 1.807) is 12.1 Å². The van der Waals surface area contributed by atoms with Gasteiger partial charge in [-0.15, -0.1) is 0 Å². The summed E-state index contributed by atoms with van der Waals surface area (Å²) in [5.74, 6) is -0.107. The van der Waals surface area contributed by atoms with E-state index in [-0.39, 0.29) is 23.4 Å². The van der Waals surface area contributed by atoms with Gasteiger partial charge in [0, 0.05) is 0 Å². The Bertz CT molecular complexity index is 455. The zero-order chi connectivity index (χ0) is 12.6. The smallest absolute Gasteiger partial charge is 0.338 e. The molecule has 1 aromatic carbocycles. The molecule has 2 atom stereocenters. The first-order valence-corrected chi connectivity index (χ1v) is 5.57. The van der Waals surface area contributed by atoms with Crippen LogP contribution < -0.4 is 5.73 Å². The lowest BCUT2D eigenvalue weighted by molar-refractivity contribution is -0.0431. The van der Waals surface area contributed by atoms with Gasteiger partial charge in [0.2, 0.25) is 0 Å². The second-order valence-electron chi connectivity index (χ2n) is 4.20. The van der Waals surface area contributed by atoms with Gasteiger partial charge in [-0.05, 0) is 36.0 Å². The molecule has 1 fully saturated rings. The van der Waals surface area contributed by atoms with Crippen LogP contribution in [-0.2, 0) is 0 Å². The lowest BCUT2D eigenvalue weighted by Crippen LogP contribution is -2.34. The summed E-state index contributed by atoms with van der Waals surface area (Å²) in [5, 5.41) is 9.76. The number of primary amides is 1. The Balaban J connectivity index is 1.98. The van der Waals surface area contributed by atoms with Crippen LogP contribution in [0.25, 0.3) is 0 Å². The van der Waals surface area contributed by atoms with Crippen LogP contribution in [0.5, 0.6) is 0 Å². The molecule has 0 bridgehead atoms. The van der Waals surface area contributed by atoms with Gasteiger partial charge in [0.15, 0.2) is 0 Å². The van der Waals surface area contributed by atoms with Crippen molar-refractivity contribution in [1.82, 2.24) is 5.06 Å². The number of carbonyl (C=O) groups is 1. The van der Waals surface area contributed by atoms with Gasteiger partial charge < -0.3 is 5.73 Å². The van der Waals surface area contributed by atoms with Crippen LogP contribution in [0.15, 0.2) is 18.2 Å². The number of benzene rings is 1. The molecule has 0 aliphatic heterocycles. The second-order valence-corrected chi connectivity index (χ2v) is 4.60. The van der Waals surface area contributed by atoms with Crippen molar-refractivity contribution >= 4 is 17.6 Å². The summed E-state index contributed by atoms with van der Waals surface area (Å²) < 4.78 is 13.0. The lowest BCUT2D eigenvalue weighted by Gasteiger charge is -2.11. The van der Waals surface area contributed by atoms with Gasteiger partial charge in [-0.25, -0.2) is 14.2 Å². The Morgan fingerprint density at radius 2 is 2.35 bits per heavy atom. The quantitative estimate of drug-likeness (QED) is 0.646. The minimum Gasteiger partial charge on any atom is -0.350 e. The number of urea groups is 1. The third-order valence-electron chi connectivity index (χ3n) is 2.96. The maximum absolute atomic E-state index is 13.0. The molecule has 2 unspecified atom stereocenters. The highest BCUT2D eigenvalue weighted by molar-refractivity contribution is 6.30. The number of hydroxylamine groups is 2. The average molecular weight is 259 g/mol. The first kappa shape index (κ1) is 12.1. The Hall–Kier alpha value is -1.33. The normalized spacial score (nSPS) is 22.3. The molecule has 2 amide bonds. The highest BCUT2D eigenvalue weighted by Gasteiger charge is 2.40. The lowest BCUT2D eigenvalue weighted by atomic mass is 10.1. The largest absolute Gasteiger partial charge is 0.350 e. The molecule has 1 aliphatic rings. The Morgan fingerprint density at radius 1 is 1.65 bits per heavy atom. The van der Waals surface area contributed by atoms with Crippen LogP contribution in [0.3, 0.4) is 0 Å². The molecule has 0 radical (unpaired) electrons. The molecule has 1 aliphatic carbocycles. The molecule has 4 nitrogen and oxygen atoms in total. The van der Waals surface area contributed by atoms with Crippen LogP contribution >= 0.6 is 11.6 Å². The van der Waals surface area contributed by atoms with E-state index < -0.39 is 11.8 Å². The fraction of sp³-hybridized carbons (Fsp3) is 0.364. The number of halogens is 2. The third-order valence-corrected chi connectivity index (χ3v) is 3.25. The fourth-order valence-electron chi connectivity index (χ4n) is 1.91. The highest BCUT2D eigenvalue weighted by atomic mass is 35.5. The minimum atomic E-state index is -0.868. The summed E-state index contributed by atoms with van der Waals surface area (Å²) in [4.78, 5) is 10.6. The molecule has 1 aromatic rings. The molecular formula is C11H12ClFN2O2. The third kappa shape index (κ3) is 2.68. The Labute approximate surface area is 103 Å². The SMILES string of the molecule is NC(=O)N(O)CC1CC1c1ccc(F)c(Cl)c1. The number of carbonyl (C=O) groups excluding carboxylic acids is 1. The van der Waals surface area contributed by atoms with E-state index in [0.717, 1.165) is 12.0 Å². The van der Waals surface area contributed by atoms with Gasteiger partial charge in [-0.1, -0.05) is 17.7 Å². The zero-order valence-electron chi connectivity index (χ0n) is 8.94. The van der Waals surface area contributed by atoms with Crippen molar-refractivity contribution in [2.24, 2.45) is 11.7 Å². The van der Waals surface area contributed by atoms with Crippen molar-refractivity contribution in [2.75, 3.05) is 6.54 Å². The maximum atomic E-state index is 13.0. The van der Waals surface area contributed by atoms with Gasteiger partial charge in [0.05, 0.1) is 11.6 Å². The molecule has 0 saturated heterocycles. The van der Waals surface area contributed by atoms with Crippen LogP contribution in [0, 0.1) is 11.7 Å². The molecule has 3 N–H and O–H groups in total.